The van der Waals surface area contributed by atoms with Gasteiger partial charge in [0.15, 0.2) is 0 Å². The lowest BCUT2D eigenvalue weighted by Crippen LogP contribution is -2.58. The molecule has 1 saturated carbocycles. The van der Waals surface area contributed by atoms with Gasteiger partial charge in [0.2, 0.25) is 0 Å². The van der Waals surface area contributed by atoms with E-state index in [4.69, 9.17) is 10.5 Å². The van der Waals surface area contributed by atoms with Crippen molar-refractivity contribution in [1.29, 1.82) is 0 Å². The smallest absolute Gasteiger partial charge is 0.0565 e. The van der Waals surface area contributed by atoms with E-state index in [9.17, 15) is 0 Å². The SMILES string of the molecule is CC1CCC(NC2(CN)CCOC(C)C2)C1. The maximum atomic E-state index is 6.00. The van der Waals surface area contributed by atoms with Crippen molar-refractivity contribution in [2.45, 2.75) is 63.6 Å². The zero-order valence-corrected chi connectivity index (χ0v) is 10.7. The van der Waals surface area contributed by atoms with Gasteiger partial charge in [-0.25, -0.2) is 0 Å². The Labute approximate surface area is 99.1 Å². The number of nitrogens with one attached hydrogen (secondary N) is 1. The number of ether oxygens (including phenoxy) is 1. The minimum absolute atomic E-state index is 0.145. The van der Waals surface area contributed by atoms with Crippen LogP contribution in [0.15, 0.2) is 0 Å². The maximum absolute atomic E-state index is 6.00. The zero-order chi connectivity index (χ0) is 11.6. The molecule has 2 fully saturated rings. The average molecular weight is 226 g/mol. The lowest BCUT2D eigenvalue weighted by molar-refractivity contribution is -0.0193. The van der Waals surface area contributed by atoms with E-state index in [2.05, 4.69) is 19.2 Å². The molecular weight excluding hydrogens is 200 g/mol. The zero-order valence-electron chi connectivity index (χ0n) is 10.7. The van der Waals surface area contributed by atoms with E-state index >= 15 is 0 Å². The monoisotopic (exact) mass is 226 g/mol. The molecule has 2 aliphatic rings. The van der Waals surface area contributed by atoms with Crippen molar-refractivity contribution >= 4 is 0 Å². The summed E-state index contributed by atoms with van der Waals surface area (Å²) in [4.78, 5) is 0. The number of hydrogen-bond donors (Lipinski definition) is 2. The van der Waals surface area contributed by atoms with Crippen LogP contribution in [0, 0.1) is 5.92 Å². The Bertz CT molecular complexity index is 234. The molecule has 1 aliphatic carbocycles. The number of nitrogens with two attached hydrogens (primary N) is 1. The molecule has 3 heteroatoms. The van der Waals surface area contributed by atoms with Gasteiger partial charge < -0.3 is 15.8 Å². The molecule has 0 aromatic carbocycles. The fraction of sp³-hybridized carbons (Fsp3) is 1.00. The molecular formula is C13H26N2O. The highest BCUT2D eigenvalue weighted by Crippen LogP contribution is 2.30. The summed E-state index contributed by atoms with van der Waals surface area (Å²) in [6.07, 6.45) is 6.48. The predicted octanol–water partition coefficient (Wildman–Crippen LogP) is 1.66. The second kappa shape index (κ2) is 5.03. The maximum Gasteiger partial charge on any atom is 0.0565 e. The third-order valence-electron chi connectivity index (χ3n) is 4.26. The van der Waals surface area contributed by atoms with Crippen LogP contribution in [0.5, 0.6) is 0 Å². The Hall–Kier alpha value is -0.120. The van der Waals surface area contributed by atoms with Crippen LogP contribution in [-0.2, 0) is 4.74 Å². The molecule has 0 bridgehead atoms. The Morgan fingerprint density at radius 2 is 2.19 bits per heavy atom. The largest absolute Gasteiger partial charge is 0.378 e. The Balaban J connectivity index is 1.93. The van der Waals surface area contributed by atoms with Crippen molar-refractivity contribution in [1.82, 2.24) is 5.32 Å². The Morgan fingerprint density at radius 1 is 1.38 bits per heavy atom. The fourth-order valence-corrected chi connectivity index (χ4v) is 3.31. The van der Waals surface area contributed by atoms with E-state index in [0.717, 1.165) is 31.9 Å². The Morgan fingerprint density at radius 3 is 2.75 bits per heavy atom. The first-order valence-corrected chi connectivity index (χ1v) is 6.73. The second-order valence-corrected chi connectivity index (χ2v) is 5.88. The van der Waals surface area contributed by atoms with Gasteiger partial charge in [-0.3, -0.25) is 0 Å². The van der Waals surface area contributed by atoms with Crippen LogP contribution in [0.4, 0.5) is 0 Å². The standard InChI is InChI=1S/C13H26N2O/c1-10-3-4-12(7-10)15-13(9-14)5-6-16-11(2)8-13/h10-12,15H,3-9,14H2,1-2H3. The summed E-state index contributed by atoms with van der Waals surface area (Å²) in [6.45, 7) is 6.10. The fourth-order valence-electron chi connectivity index (χ4n) is 3.31. The normalized spacial score (nSPS) is 44.8. The van der Waals surface area contributed by atoms with Crippen molar-refractivity contribution in [3.63, 3.8) is 0 Å². The topological polar surface area (TPSA) is 47.3 Å². The summed E-state index contributed by atoms with van der Waals surface area (Å²) >= 11 is 0. The molecule has 94 valence electrons. The number of rotatable bonds is 3. The molecule has 1 saturated heterocycles. The van der Waals surface area contributed by atoms with E-state index in [0.29, 0.717) is 12.1 Å². The molecule has 16 heavy (non-hydrogen) atoms. The van der Waals surface area contributed by atoms with E-state index < -0.39 is 0 Å². The molecule has 4 atom stereocenters. The summed E-state index contributed by atoms with van der Waals surface area (Å²) in [5.41, 5.74) is 6.14. The summed E-state index contributed by atoms with van der Waals surface area (Å²) in [6, 6.07) is 0.684. The summed E-state index contributed by atoms with van der Waals surface area (Å²) in [5.74, 6) is 0.879. The van der Waals surface area contributed by atoms with Crippen LogP contribution >= 0.6 is 0 Å². The van der Waals surface area contributed by atoms with Crippen LogP contribution in [0.25, 0.3) is 0 Å². The molecule has 3 nitrogen and oxygen atoms in total. The van der Waals surface area contributed by atoms with Crippen LogP contribution in [0.1, 0.15) is 46.0 Å². The highest BCUT2D eigenvalue weighted by molar-refractivity contribution is 4.97. The van der Waals surface area contributed by atoms with Crippen molar-refractivity contribution in [3.8, 4) is 0 Å². The van der Waals surface area contributed by atoms with Crippen molar-refractivity contribution in [2.24, 2.45) is 11.7 Å². The van der Waals surface area contributed by atoms with Crippen LogP contribution < -0.4 is 11.1 Å². The lowest BCUT2D eigenvalue weighted by Gasteiger charge is -2.42. The van der Waals surface area contributed by atoms with Crippen molar-refractivity contribution < 1.29 is 4.74 Å². The lowest BCUT2D eigenvalue weighted by atomic mass is 9.86. The third kappa shape index (κ3) is 2.76. The summed E-state index contributed by atoms with van der Waals surface area (Å²) in [5, 5.41) is 3.84. The first-order valence-electron chi connectivity index (χ1n) is 6.73. The second-order valence-electron chi connectivity index (χ2n) is 5.88. The molecule has 0 aromatic heterocycles. The van der Waals surface area contributed by atoms with Crippen molar-refractivity contribution in [2.75, 3.05) is 13.2 Å². The number of hydrogen-bond acceptors (Lipinski definition) is 3. The third-order valence-corrected chi connectivity index (χ3v) is 4.26. The highest BCUT2D eigenvalue weighted by atomic mass is 16.5. The molecule has 1 heterocycles. The molecule has 1 aliphatic heterocycles. The van der Waals surface area contributed by atoms with E-state index in [1.54, 1.807) is 0 Å². The minimum atomic E-state index is 0.145. The van der Waals surface area contributed by atoms with Gasteiger partial charge in [-0.1, -0.05) is 6.92 Å². The molecule has 3 N–H and O–H groups in total. The molecule has 4 unspecified atom stereocenters. The molecule has 0 spiro atoms. The van der Waals surface area contributed by atoms with Crippen LogP contribution in [0.2, 0.25) is 0 Å². The van der Waals surface area contributed by atoms with Gasteiger partial charge >= 0.3 is 0 Å². The van der Waals surface area contributed by atoms with E-state index in [1.165, 1.54) is 19.3 Å². The average Bonchev–Trinajstić information content (AvgIpc) is 2.64. The Kier molecular flexibility index (Phi) is 3.88. The predicted molar refractivity (Wildman–Crippen MR) is 66.4 cm³/mol. The van der Waals surface area contributed by atoms with Gasteiger partial charge in [0, 0.05) is 24.7 Å². The van der Waals surface area contributed by atoms with E-state index in [-0.39, 0.29) is 5.54 Å². The molecule has 2 rings (SSSR count). The first-order chi connectivity index (χ1) is 7.63. The van der Waals surface area contributed by atoms with Crippen LogP contribution in [0.3, 0.4) is 0 Å². The van der Waals surface area contributed by atoms with Gasteiger partial charge in [-0.2, -0.15) is 0 Å². The van der Waals surface area contributed by atoms with E-state index in [1.807, 2.05) is 0 Å². The van der Waals surface area contributed by atoms with Gasteiger partial charge in [0.25, 0.3) is 0 Å². The highest BCUT2D eigenvalue weighted by Gasteiger charge is 2.37. The molecule has 0 aromatic rings. The quantitative estimate of drug-likeness (QED) is 0.769. The van der Waals surface area contributed by atoms with Gasteiger partial charge in [0.05, 0.1) is 6.10 Å². The van der Waals surface area contributed by atoms with Gasteiger partial charge in [0.1, 0.15) is 0 Å². The summed E-state index contributed by atoms with van der Waals surface area (Å²) in [7, 11) is 0. The molecule has 0 radical (unpaired) electrons. The van der Waals surface area contributed by atoms with Crippen molar-refractivity contribution in [3.05, 3.63) is 0 Å². The van der Waals surface area contributed by atoms with Gasteiger partial charge in [-0.15, -0.1) is 0 Å². The first kappa shape index (κ1) is 12.3. The van der Waals surface area contributed by atoms with Gasteiger partial charge in [-0.05, 0) is 44.9 Å². The van der Waals surface area contributed by atoms with Crippen LogP contribution in [-0.4, -0.2) is 30.8 Å². The minimum Gasteiger partial charge on any atom is -0.378 e. The molecule has 0 amide bonds. The summed E-state index contributed by atoms with van der Waals surface area (Å²) < 4.78 is 5.62.